The van der Waals surface area contributed by atoms with Gasteiger partial charge in [0.05, 0.1) is 31.5 Å². The molecule has 6 heteroatoms. The Hall–Kier alpha value is -2.84. The number of anilines is 1. The predicted octanol–water partition coefficient (Wildman–Crippen LogP) is 3.53. The molecule has 0 spiro atoms. The lowest BCUT2D eigenvalue weighted by Gasteiger charge is -2.13. The summed E-state index contributed by atoms with van der Waals surface area (Å²) in [4.78, 5) is 11.9. The van der Waals surface area contributed by atoms with E-state index in [1.165, 1.54) is 14.2 Å². The number of halogens is 1. The van der Waals surface area contributed by atoms with Gasteiger partial charge in [0, 0.05) is 5.56 Å². The van der Waals surface area contributed by atoms with Gasteiger partial charge in [0.2, 0.25) is 0 Å². The van der Waals surface area contributed by atoms with Crippen molar-refractivity contribution in [3.05, 3.63) is 53.1 Å². The summed E-state index contributed by atoms with van der Waals surface area (Å²) >= 11 is 6.01. The van der Waals surface area contributed by atoms with E-state index in [4.69, 9.17) is 21.1 Å². The van der Waals surface area contributed by atoms with E-state index in [1.807, 2.05) is 18.2 Å². The molecule has 0 aromatic heterocycles. The molecule has 2 amide bonds. The second-order valence-electron chi connectivity index (χ2n) is 4.63. The average Bonchev–Trinajstić information content (AvgIpc) is 2.59. The second-order valence-corrected chi connectivity index (χ2v) is 5.04. The van der Waals surface area contributed by atoms with E-state index in [-0.39, 0.29) is 6.54 Å². The number of amides is 2. The van der Waals surface area contributed by atoms with Gasteiger partial charge in [-0.2, -0.15) is 0 Å². The highest BCUT2D eigenvalue weighted by atomic mass is 35.5. The maximum atomic E-state index is 11.9. The molecule has 2 aromatic rings. The van der Waals surface area contributed by atoms with Crippen LogP contribution in [0.5, 0.6) is 11.5 Å². The van der Waals surface area contributed by atoms with E-state index in [9.17, 15) is 4.79 Å². The van der Waals surface area contributed by atoms with E-state index < -0.39 is 6.03 Å². The number of urea groups is 1. The molecule has 0 aliphatic carbocycles. The fourth-order valence-corrected chi connectivity index (χ4v) is 2.16. The second kappa shape index (κ2) is 8.70. The van der Waals surface area contributed by atoms with E-state index in [2.05, 4.69) is 22.5 Å². The maximum absolute atomic E-state index is 11.9. The number of hydrogen-bond donors (Lipinski definition) is 2. The molecule has 0 aliphatic rings. The summed E-state index contributed by atoms with van der Waals surface area (Å²) in [7, 11) is 3.04. The van der Waals surface area contributed by atoms with Crippen molar-refractivity contribution >= 4 is 23.3 Å². The van der Waals surface area contributed by atoms with Crippen LogP contribution in [0.1, 0.15) is 5.56 Å². The number of hydrogen-bond acceptors (Lipinski definition) is 3. The first-order valence-corrected chi connectivity index (χ1v) is 7.52. The molecule has 0 heterocycles. The maximum Gasteiger partial charge on any atom is 0.320 e. The van der Waals surface area contributed by atoms with Crippen molar-refractivity contribution in [2.45, 2.75) is 0 Å². The minimum absolute atomic E-state index is 0.184. The van der Waals surface area contributed by atoms with Gasteiger partial charge in [-0.25, -0.2) is 4.79 Å². The fraction of sp³-hybridized carbons (Fsp3) is 0.167. The Balaban J connectivity index is 1.94. The van der Waals surface area contributed by atoms with Gasteiger partial charge < -0.3 is 20.1 Å². The summed E-state index contributed by atoms with van der Waals surface area (Å²) in [5.74, 6) is 6.74. The average molecular weight is 345 g/mol. The molecule has 0 atom stereocenters. The summed E-state index contributed by atoms with van der Waals surface area (Å²) in [5.41, 5.74) is 1.23. The summed E-state index contributed by atoms with van der Waals surface area (Å²) in [5, 5.41) is 5.92. The Kier molecular flexibility index (Phi) is 6.35. The van der Waals surface area contributed by atoms with Gasteiger partial charge in [0.15, 0.2) is 11.5 Å². The zero-order valence-electron chi connectivity index (χ0n) is 13.4. The quantitative estimate of drug-likeness (QED) is 0.834. The van der Waals surface area contributed by atoms with Crippen molar-refractivity contribution in [3.63, 3.8) is 0 Å². The Bertz CT molecular complexity index is 781. The zero-order valence-corrected chi connectivity index (χ0v) is 14.1. The number of nitrogens with one attached hydrogen (secondary N) is 2. The van der Waals surface area contributed by atoms with E-state index in [1.54, 1.807) is 24.3 Å². The van der Waals surface area contributed by atoms with Crippen molar-refractivity contribution in [2.24, 2.45) is 0 Å². The smallest absolute Gasteiger partial charge is 0.320 e. The number of carbonyl (C=O) groups excluding carboxylic acids is 1. The fourth-order valence-electron chi connectivity index (χ4n) is 1.98. The van der Waals surface area contributed by atoms with Crippen LogP contribution in [-0.2, 0) is 0 Å². The van der Waals surface area contributed by atoms with Gasteiger partial charge in [0.1, 0.15) is 0 Å². The summed E-state index contributed by atoms with van der Waals surface area (Å²) in [6.07, 6.45) is 0. The number of para-hydroxylation sites is 1. The molecule has 0 fully saturated rings. The van der Waals surface area contributed by atoms with Gasteiger partial charge in [-0.05, 0) is 24.3 Å². The predicted molar refractivity (Wildman–Crippen MR) is 94.9 cm³/mol. The topological polar surface area (TPSA) is 59.6 Å². The molecule has 5 nitrogen and oxygen atoms in total. The van der Waals surface area contributed by atoms with Crippen molar-refractivity contribution in [2.75, 3.05) is 26.1 Å². The SMILES string of the molecule is COc1cccc(NC(=O)NCC#Cc2ccccc2Cl)c1OC. The van der Waals surface area contributed by atoms with Gasteiger partial charge in [-0.1, -0.05) is 41.6 Å². The van der Waals surface area contributed by atoms with Crippen LogP contribution < -0.4 is 20.1 Å². The third kappa shape index (κ3) is 4.58. The zero-order chi connectivity index (χ0) is 17.4. The summed E-state index contributed by atoms with van der Waals surface area (Å²) in [6, 6.07) is 12.1. The van der Waals surface area contributed by atoms with Gasteiger partial charge in [0.25, 0.3) is 0 Å². The summed E-state index contributed by atoms with van der Waals surface area (Å²) < 4.78 is 10.4. The van der Waals surface area contributed by atoms with E-state index in [0.29, 0.717) is 22.2 Å². The molecule has 2 aromatic carbocycles. The standard InChI is InChI=1S/C18H17ClN2O3/c1-23-16-11-5-10-15(17(16)24-2)21-18(22)20-12-6-8-13-7-3-4-9-14(13)19/h3-5,7,9-11H,12H2,1-2H3,(H2,20,21,22). The first-order valence-electron chi connectivity index (χ1n) is 7.15. The van der Waals surface area contributed by atoms with Gasteiger partial charge in [-0.3, -0.25) is 0 Å². The van der Waals surface area contributed by atoms with Crippen molar-refractivity contribution in [1.29, 1.82) is 0 Å². The molecule has 0 bridgehead atoms. The molecule has 124 valence electrons. The Labute approximate surface area is 145 Å². The van der Waals surface area contributed by atoms with E-state index in [0.717, 1.165) is 5.56 Å². The number of ether oxygens (including phenoxy) is 2. The highest BCUT2D eigenvalue weighted by molar-refractivity contribution is 6.31. The lowest BCUT2D eigenvalue weighted by atomic mass is 10.2. The monoisotopic (exact) mass is 344 g/mol. The van der Waals surface area contributed by atoms with Gasteiger partial charge >= 0.3 is 6.03 Å². The molecule has 0 saturated carbocycles. The Morgan fingerprint density at radius 2 is 1.92 bits per heavy atom. The van der Waals surface area contributed by atoms with Crippen molar-refractivity contribution in [1.82, 2.24) is 5.32 Å². The van der Waals surface area contributed by atoms with Crippen LogP contribution in [0.3, 0.4) is 0 Å². The minimum Gasteiger partial charge on any atom is -0.493 e. The Morgan fingerprint density at radius 3 is 2.62 bits per heavy atom. The first-order chi connectivity index (χ1) is 11.7. The van der Waals surface area contributed by atoms with E-state index >= 15 is 0 Å². The molecule has 2 rings (SSSR count). The van der Waals surface area contributed by atoms with Crippen molar-refractivity contribution < 1.29 is 14.3 Å². The lowest BCUT2D eigenvalue weighted by Crippen LogP contribution is -2.29. The first kappa shape index (κ1) is 17.5. The summed E-state index contributed by atoms with van der Waals surface area (Å²) in [6.45, 7) is 0.184. The minimum atomic E-state index is -0.394. The van der Waals surface area contributed by atoms with Crippen LogP contribution in [-0.4, -0.2) is 26.8 Å². The molecule has 0 aliphatic heterocycles. The molecule has 24 heavy (non-hydrogen) atoms. The molecular formula is C18H17ClN2O3. The highest BCUT2D eigenvalue weighted by Gasteiger charge is 2.11. The number of methoxy groups -OCH3 is 2. The Morgan fingerprint density at radius 1 is 1.12 bits per heavy atom. The normalized spacial score (nSPS) is 9.46. The highest BCUT2D eigenvalue weighted by Crippen LogP contribution is 2.34. The van der Waals surface area contributed by atoms with Gasteiger partial charge in [-0.15, -0.1) is 0 Å². The molecule has 0 saturated heterocycles. The largest absolute Gasteiger partial charge is 0.493 e. The number of carbonyl (C=O) groups is 1. The lowest BCUT2D eigenvalue weighted by molar-refractivity contribution is 0.253. The van der Waals surface area contributed by atoms with Crippen molar-refractivity contribution in [3.8, 4) is 23.3 Å². The number of benzene rings is 2. The molecular weight excluding hydrogens is 328 g/mol. The molecule has 0 radical (unpaired) electrons. The van der Waals surface area contributed by atoms with Crippen LogP contribution in [0.4, 0.5) is 10.5 Å². The molecule has 2 N–H and O–H groups in total. The van der Waals surface area contributed by atoms with Crippen LogP contribution >= 0.6 is 11.6 Å². The van der Waals surface area contributed by atoms with Crippen LogP contribution in [0.15, 0.2) is 42.5 Å². The van der Waals surface area contributed by atoms with Crippen LogP contribution in [0.2, 0.25) is 5.02 Å². The van der Waals surface area contributed by atoms with Crippen LogP contribution in [0.25, 0.3) is 0 Å². The van der Waals surface area contributed by atoms with Crippen LogP contribution in [0, 0.1) is 11.8 Å². The molecule has 0 unspecified atom stereocenters. The third-order valence-electron chi connectivity index (χ3n) is 3.09. The number of rotatable bonds is 4. The third-order valence-corrected chi connectivity index (χ3v) is 3.41.